The van der Waals surface area contributed by atoms with Crippen molar-refractivity contribution in [2.45, 2.75) is 26.2 Å². The Morgan fingerprint density at radius 1 is 1.21 bits per heavy atom. The Bertz CT molecular complexity index is 604. The average Bonchev–Trinajstić information content (AvgIpc) is 2.71. The quantitative estimate of drug-likeness (QED) is 0.900. The van der Waals surface area contributed by atoms with Crippen LogP contribution in [0.1, 0.15) is 36.8 Å². The molecule has 0 aliphatic rings. The third-order valence-corrected chi connectivity index (χ3v) is 2.98. The lowest BCUT2D eigenvalue weighted by atomic mass is 9.87. The van der Waals surface area contributed by atoms with Crippen molar-refractivity contribution in [3.05, 3.63) is 41.7 Å². The lowest BCUT2D eigenvalue weighted by molar-refractivity contribution is 0.0697. The third kappa shape index (κ3) is 2.67. The van der Waals surface area contributed by atoms with Crippen LogP contribution in [-0.4, -0.2) is 20.9 Å². The Labute approximate surface area is 112 Å². The van der Waals surface area contributed by atoms with Crippen molar-refractivity contribution in [2.75, 3.05) is 0 Å². The zero-order valence-corrected chi connectivity index (χ0v) is 11.6. The average molecular weight is 258 g/mol. The predicted molar refractivity (Wildman–Crippen MR) is 74.3 cm³/mol. The van der Waals surface area contributed by atoms with Crippen LogP contribution in [0.5, 0.6) is 0 Å². The maximum atomic E-state index is 10.9. The lowest BCUT2D eigenvalue weighted by Gasteiger charge is -2.17. The van der Waals surface area contributed by atoms with E-state index in [0.29, 0.717) is 5.56 Å². The monoisotopic (exact) mass is 258 g/mol. The molecule has 0 saturated heterocycles. The molecule has 1 N–H and O–H groups in total. The fourth-order valence-electron chi connectivity index (χ4n) is 2.05. The van der Waals surface area contributed by atoms with Gasteiger partial charge < -0.3 is 5.11 Å². The molecule has 0 spiro atoms. The van der Waals surface area contributed by atoms with Crippen LogP contribution in [0, 0.1) is 0 Å². The fraction of sp³-hybridized carbons (Fsp3) is 0.333. The van der Waals surface area contributed by atoms with Gasteiger partial charge in [-0.15, -0.1) is 0 Å². The number of carboxylic acid groups (broad SMARTS) is 1. The van der Waals surface area contributed by atoms with Gasteiger partial charge in [-0.1, -0.05) is 32.9 Å². The van der Waals surface area contributed by atoms with Gasteiger partial charge in [0.15, 0.2) is 0 Å². The van der Waals surface area contributed by atoms with E-state index in [9.17, 15) is 4.79 Å². The standard InChI is InChI=1S/C15H18N2O2/c1-15(2,3)13-12(9-17(4)16-13)10-5-7-11(8-6-10)14(18)19/h5-9H,1-4H3,(H,18,19). The summed E-state index contributed by atoms with van der Waals surface area (Å²) in [5.41, 5.74) is 3.29. The SMILES string of the molecule is Cn1cc(-c2ccc(C(=O)O)cc2)c(C(C)(C)C)n1. The second kappa shape index (κ2) is 4.53. The summed E-state index contributed by atoms with van der Waals surface area (Å²) in [6, 6.07) is 6.90. The highest BCUT2D eigenvalue weighted by atomic mass is 16.4. The number of aromatic carboxylic acids is 1. The van der Waals surface area contributed by atoms with Gasteiger partial charge in [-0.25, -0.2) is 4.79 Å². The molecule has 0 aliphatic carbocycles. The summed E-state index contributed by atoms with van der Waals surface area (Å²) in [6.07, 6.45) is 1.97. The van der Waals surface area contributed by atoms with Gasteiger partial charge in [0.2, 0.25) is 0 Å². The van der Waals surface area contributed by atoms with Crippen molar-refractivity contribution < 1.29 is 9.90 Å². The molecule has 0 fully saturated rings. The highest BCUT2D eigenvalue weighted by Crippen LogP contribution is 2.31. The first kappa shape index (κ1) is 13.3. The summed E-state index contributed by atoms with van der Waals surface area (Å²) in [5.74, 6) is -0.909. The molecule has 100 valence electrons. The van der Waals surface area contributed by atoms with Crippen molar-refractivity contribution in [1.29, 1.82) is 0 Å². The summed E-state index contributed by atoms with van der Waals surface area (Å²) in [5, 5.41) is 13.4. The normalized spacial score (nSPS) is 11.6. The van der Waals surface area contributed by atoms with Crippen LogP contribution in [0.15, 0.2) is 30.5 Å². The van der Waals surface area contributed by atoms with Gasteiger partial charge in [-0.3, -0.25) is 4.68 Å². The van der Waals surface area contributed by atoms with Crippen molar-refractivity contribution in [3.63, 3.8) is 0 Å². The Balaban J connectivity index is 2.50. The molecule has 1 aromatic carbocycles. The van der Waals surface area contributed by atoms with Crippen LogP contribution in [0.4, 0.5) is 0 Å². The zero-order valence-electron chi connectivity index (χ0n) is 11.6. The molecule has 2 aromatic rings. The Kier molecular flexibility index (Phi) is 3.18. The number of carboxylic acids is 1. The number of rotatable bonds is 2. The molecule has 0 radical (unpaired) electrons. The molecule has 0 aliphatic heterocycles. The van der Waals surface area contributed by atoms with Gasteiger partial charge in [0, 0.05) is 24.2 Å². The molecule has 19 heavy (non-hydrogen) atoms. The number of nitrogens with zero attached hydrogens (tertiary/aromatic N) is 2. The van der Waals surface area contributed by atoms with Gasteiger partial charge in [0.05, 0.1) is 11.3 Å². The molecule has 2 rings (SSSR count). The molecule has 0 amide bonds. The van der Waals surface area contributed by atoms with Gasteiger partial charge in [0.1, 0.15) is 0 Å². The number of aryl methyl sites for hydroxylation is 1. The van der Waals surface area contributed by atoms with E-state index in [2.05, 4.69) is 25.9 Å². The van der Waals surface area contributed by atoms with Crippen LogP contribution in [0.25, 0.3) is 11.1 Å². The van der Waals surface area contributed by atoms with Crippen molar-refractivity contribution in [3.8, 4) is 11.1 Å². The molecule has 1 heterocycles. The summed E-state index contributed by atoms with van der Waals surface area (Å²) < 4.78 is 1.79. The van der Waals surface area contributed by atoms with Crippen molar-refractivity contribution in [1.82, 2.24) is 9.78 Å². The summed E-state index contributed by atoms with van der Waals surface area (Å²) in [7, 11) is 1.89. The van der Waals surface area contributed by atoms with Gasteiger partial charge in [0.25, 0.3) is 0 Å². The van der Waals surface area contributed by atoms with E-state index < -0.39 is 5.97 Å². The first-order valence-corrected chi connectivity index (χ1v) is 6.17. The zero-order chi connectivity index (χ0) is 14.2. The van der Waals surface area contributed by atoms with E-state index in [1.807, 2.05) is 25.4 Å². The first-order valence-electron chi connectivity index (χ1n) is 6.17. The first-order chi connectivity index (χ1) is 8.79. The predicted octanol–water partition coefficient (Wildman–Crippen LogP) is 3.08. The van der Waals surface area contributed by atoms with Crippen LogP contribution < -0.4 is 0 Å². The lowest BCUT2D eigenvalue weighted by Crippen LogP contribution is -2.13. The smallest absolute Gasteiger partial charge is 0.335 e. The topological polar surface area (TPSA) is 55.1 Å². The second-order valence-corrected chi connectivity index (χ2v) is 5.70. The molecule has 0 atom stereocenters. The Hall–Kier alpha value is -2.10. The number of carbonyl (C=O) groups is 1. The number of aromatic nitrogens is 2. The minimum Gasteiger partial charge on any atom is -0.478 e. The molecule has 1 aromatic heterocycles. The second-order valence-electron chi connectivity index (χ2n) is 5.70. The van der Waals surface area contributed by atoms with Crippen LogP contribution in [0.3, 0.4) is 0 Å². The van der Waals surface area contributed by atoms with Gasteiger partial charge in [-0.2, -0.15) is 5.10 Å². The summed E-state index contributed by atoms with van der Waals surface area (Å²) >= 11 is 0. The van der Waals surface area contributed by atoms with Crippen molar-refractivity contribution >= 4 is 5.97 Å². The number of hydrogen-bond acceptors (Lipinski definition) is 2. The van der Waals surface area contributed by atoms with E-state index >= 15 is 0 Å². The van der Waals surface area contributed by atoms with Crippen LogP contribution in [0.2, 0.25) is 0 Å². The summed E-state index contributed by atoms with van der Waals surface area (Å²) in [6.45, 7) is 6.35. The van der Waals surface area contributed by atoms with E-state index in [0.717, 1.165) is 16.8 Å². The fourth-order valence-corrected chi connectivity index (χ4v) is 2.05. The Morgan fingerprint density at radius 3 is 2.26 bits per heavy atom. The van der Waals surface area contributed by atoms with E-state index in [1.165, 1.54) is 0 Å². The molecule has 0 bridgehead atoms. The van der Waals surface area contributed by atoms with E-state index in [-0.39, 0.29) is 5.41 Å². The largest absolute Gasteiger partial charge is 0.478 e. The highest BCUT2D eigenvalue weighted by Gasteiger charge is 2.22. The maximum Gasteiger partial charge on any atom is 0.335 e. The van der Waals surface area contributed by atoms with E-state index in [1.54, 1.807) is 16.8 Å². The third-order valence-electron chi connectivity index (χ3n) is 2.98. The molecular formula is C15H18N2O2. The Morgan fingerprint density at radius 2 is 1.79 bits per heavy atom. The van der Waals surface area contributed by atoms with Crippen LogP contribution in [-0.2, 0) is 12.5 Å². The van der Waals surface area contributed by atoms with Crippen LogP contribution >= 0.6 is 0 Å². The van der Waals surface area contributed by atoms with Crippen molar-refractivity contribution in [2.24, 2.45) is 7.05 Å². The van der Waals surface area contributed by atoms with Gasteiger partial charge >= 0.3 is 5.97 Å². The highest BCUT2D eigenvalue weighted by molar-refractivity contribution is 5.88. The minimum atomic E-state index is -0.909. The number of benzene rings is 1. The molecule has 0 unspecified atom stereocenters. The van der Waals surface area contributed by atoms with E-state index in [4.69, 9.17) is 5.11 Å². The number of hydrogen-bond donors (Lipinski definition) is 1. The van der Waals surface area contributed by atoms with Gasteiger partial charge in [-0.05, 0) is 17.7 Å². The molecule has 4 nitrogen and oxygen atoms in total. The molecule has 4 heteroatoms. The minimum absolute atomic E-state index is 0.0535. The maximum absolute atomic E-state index is 10.9. The molecular weight excluding hydrogens is 240 g/mol. The summed E-state index contributed by atoms with van der Waals surface area (Å²) in [4.78, 5) is 10.9. The molecule has 0 saturated carbocycles.